The SMILES string of the molecule is FC(F)(F)c1ccc(-c2ccc[c]c2-c2cc(Cl)cc(Cl)c2)c(Cl)c1. The predicted octanol–water partition coefficient (Wildman–Crippen LogP) is 7.80. The molecule has 0 spiro atoms. The summed E-state index contributed by atoms with van der Waals surface area (Å²) in [5, 5.41) is 0.900. The molecule has 0 aliphatic heterocycles. The topological polar surface area (TPSA) is 0 Å². The lowest BCUT2D eigenvalue weighted by Crippen LogP contribution is -2.04. The fraction of sp³-hybridized carbons (Fsp3) is 0.0526. The van der Waals surface area contributed by atoms with Crippen LogP contribution in [0.15, 0.2) is 54.6 Å². The molecule has 0 atom stereocenters. The van der Waals surface area contributed by atoms with Crippen LogP contribution in [0.5, 0.6) is 0 Å². The van der Waals surface area contributed by atoms with Gasteiger partial charge in [0.2, 0.25) is 0 Å². The van der Waals surface area contributed by atoms with Gasteiger partial charge in [-0.15, -0.1) is 0 Å². The monoisotopic (exact) mass is 399 g/mol. The minimum Gasteiger partial charge on any atom is -0.166 e. The Bertz CT molecular complexity index is 913. The predicted molar refractivity (Wildman–Crippen MR) is 96.2 cm³/mol. The number of alkyl halides is 3. The highest BCUT2D eigenvalue weighted by Crippen LogP contribution is 2.40. The molecule has 6 heteroatoms. The molecular formula is C19H9Cl3F3. The van der Waals surface area contributed by atoms with Gasteiger partial charge in [0.1, 0.15) is 0 Å². The van der Waals surface area contributed by atoms with Crippen LogP contribution in [0, 0.1) is 6.07 Å². The molecular weight excluding hydrogens is 392 g/mol. The molecule has 1 radical (unpaired) electrons. The summed E-state index contributed by atoms with van der Waals surface area (Å²) < 4.78 is 38.5. The van der Waals surface area contributed by atoms with Crippen LogP contribution in [0.4, 0.5) is 13.2 Å². The molecule has 0 heterocycles. The van der Waals surface area contributed by atoms with Crippen LogP contribution >= 0.6 is 34.8 Å². The van der Waals surface area contributed by atoms with Crippen LogP contribution in [-0.2, 0) is 6.18 Å². The number of rotatable bonds is 2. The Balaban J connectivity index is 2.17. The van der Waals surface area contributed by atoms with Crippen molar-refractivity contribution in [1.29, 1.82) is 0 Å². The lowest BCUT2D eigenvalue weighted by Gasteiger charge is -2.14. The van der Waals surface area contributed by atoms with E-state index in [4.69, 9.17) is 34.8 Å². The molecule has 0 nitrogen and oxygen atoms in total. The van der Waals surface area contributed by atoms with Gasteiger partial charge in [0.25, 0.3) is 0 Å². The maximum Gasteiger partial charge on any atom is 0.416 e. The second kappa shape index (κ2) is 6.91. The van der Waals surface area contributed by atoms with Crippen molar-refractivity contribution in [3.63, 3.8) is 0 Å². The van der Waals surface area contributed by atoms with Crippen LogP contribution in [0.25, 0.3) is 22.3 Å². The smallest absolute Gasteiger partial charge is 0.166 e. The second-order valence-corrected chi connectivity index (χ2v) is 6.59. The molecule has 0 saturated heterocycles. The molecule has 3 aromatic carbocycles. The normalized spacial score (nSPS) is 11.6. The Hall–Kier alpha value is -1.68. The van der Waals surface area contributed by atoms with Gasteiger partial charge in [-0.25, -0.2) is 0 Å². The van der Waals surface area contributed by atoms with E-state index in [9.17, 15) is 13.2 Å². The number of halogens is 6. The standard InChI is InChI=1S/C19H9Cl3F3/c20-13-7-11(8-14(21)10-13)15-3-1-2-4-16(15)17-6-5-12(9-18(17)22)19(23,24)25/h1-2,4-10H. The summed E-state index contributed by atoms with van der Waals surface area (Å²) in [4.78, 5) is 0. The molecule has 25 heavy (non-hydrogen) atoms. The molecule has 0 aliphatic carbocycles. The summed E-state index contributed by atoms with van der Waals surface area (Å²) in [6.07, 6.45) is -4.45. The van der Waals surface area contributed by atoms with Gasteiger partial charge in [-0.05, 0) is 53.1 Å². The zero-order valence-electron chi connectivity index (χ0n) is 12.5. The summed E-state index contributed by atoms with van der Waals surface area (Å²) in [7, 11) is 0. The highest BCUT2D eigenvalue weighted by atomic mass is 35.5. The Morgan fingerprint density at radius 3 is 2.08 bits per heavy atom. The summed E-state index contributed by atoms with van der Waals surface area (Å²) >= 11 is 18.2. The van der Waals surface area contributed by atoms with Crippen molar-refractivity contribution >= 4 is 34.8 Å². The summed E-state index contributed by atoms with van der Waals surface area (Å²) in [6.45, 7) is 0. The van der Waals surface area contributed by atoms with Crippen molar-refractivity contribution in [2.24, 2.45) is 0 Å². The third kappa shape index (κ3) is 3.95. The average molecular weight is 401 g/mol. The molecule has 0 amide bonds. The van der Waals surface area contributed by atoms with Gasteiger partial charge in [0.05, 0.1) is 5.56 Å². The minimum atomic E-state index is -4.45. The van der Waals surface area contributed by atoms with E-state index in [1.807, 2.05) is 0 Å². The molecule has 3 aromatic rings. The third-order valence-electron chi connectivity index (χ3n) is 3.59. The van der Waals surface area contributed by atoms with Gasteiger partial charge < -0.3 is 0 Å². The van der Waals surface area contributed by atoms with Crippen LogP contribution in [-0.4, -0.2) is 0 Å². The van der Waals surface area contributed by atoms with Crippen LogP contribution in [0.3, 0.4) is 0 Å². The number of hydrogen-bond donors (Lipinski definition) is 0. The van der Waals surface area contributed by atoms with E-state index in [1.54, 1.807) is 36.4 Å². The molecule has 0 aromatic heterocycles. The zero-order valence-corrected chi connectivity index (χ0v) is 14.7. The van der Waals surface area contributed by atoms with E-state index in [0.29, 0.717) is 32.3 Å². The summed E-state index contributed by atoms with van der Waals surface area (Å²) in [5.41, 5.74) is 1.66. The highest BCUT2D eigenvalue weighted by molar-refractivity contribution is 6.35. The van der Waals surface area contributed by atoms with Gasteiger partial charge >= 0.3 is 6.18 Å². The van der Waals surface area contributed by atoms with Crippen LogP contribution < -0.4 is 0 Å². The Morgan fingerprint density at radius 1 is 0.800 bits per heavy atom. The lowest BCUT2D eigenvalue weighted by atomic mass is 9.94. The molecule has 0 saturated carbocycles. The first kappa shape index (κ1) is 18.1. The maximum atomic E-state index is 12.8. The first-order valence-corrected chi connectivity index (χ1v) is 8.23. The van der Waals surface area contributed by atoms with E-state index in [0.717, 1.165) is 12.1 Å². The molecule has 0 bridgehead atoms. The molecule has 0 unspecified atom stereocenters. The van der Waals surface area contributed by atoms with Crippen molar-refractivity contribution in [1.82, 2.24) is 0 Å². The van der Waals surface area contributed by atoms with Crippen molar-refractivity contribution in [2.45, 2.75) is 6.18 Å². The summed E-state index contributed by atoms with van der Waals surface area (Å²) in [6, 6.07) is 16.6. The summed E-state index contributed by atoms with van der Waals surface area (Å²) in [5.74, 6) is 0. The van der Waals surface area contributed by atoms with Crippen LogP contribution in [0.2, 0.25) is 15.1 Å². The molecule has 0 aliphatic rings. The van der Waals surface area contributed by atoms with Gasteiger partial charge in [0, 0.05) is 20.6 Å². The first-order chi connectivity index (χ1) is 11.8. The first-order valence-electron chi connectivity index (χ1n) is 7.10. The number of hydrogen-bond acceptors (Lipinski definition) is 0. The van der Waals surface area contributed by atoms with E-state index in [2.05, 4.69) is 6.07 Å². The largest absolute Gasteiger partial charge is 0.416 e. The lowest BCUT2D eigenvalue weighted by molar-refractivity contribution is -0.137. The minimum absolute atomic E-state index is 0.00352. The average Bonchev–Trinajstić information content (AvgIpc) is 2.53. The van der Waals surface area contributed by atoms with Crippen molar-refractivity contribution < 1.29 is 13.2 Å². The zero-order chi connectivity index (χ0) is 18.2. The van der Waals surface area contributed by atoms with Gasteiger partial charge in [-0.3, -0.25) is 0 Å². The fourth-order valence-electron chi connectivity index (χ4n) is 2.51. The van der Waals surface area contributed by atoms with Crippen molar-refractivity contribution in [2.75, 3.05) is 0 Å². The van der Waals surface area contributed by atoms with E-state index in [1.165, 1.54) is 6.07 Å². The Morgan fingerprint density at radius 2 is 1.48 bits per heavy atom. The molecule has 0 N–H and O–H groups in total. The van der Waals surface area contributed by atoms with Gasteiger partial charge in [-0.2, -0.15) is 13.2 Å². The number of benzene rings is 3. The molecule has 0 fully saturated rings. The fourth-order valence-corrected chi connectivity index (χ4v) is 3.32. The molecule has 3 rings (SSSR count). The Kier molecular flexibility index (Phi) is 5.01. The highest BCUT2D eigenvalue weighted by Gasteiger charge is 2.31. The third-order valence-corrected chi connectivity index (χ3v) is 4.34. The van der Waals surface area contributed by atoms with Crippen LogP contribution in [0.1, 0.15) is 5.56 Å². The quantitative estimate of drug-likeness (QED) is 0.411. The Labute approximate surface area is 157 Å². The molecule has 127 valence electrons. The van der Waals surface area contributed by atoms with Crippen molar-refractivity contribution in [3.05, 3.63) is 81.3 Å². The van der Waals surface area contributed by atoms with Gasteiger partial charge in [-0.1, -0.05) is 59.1 Å². The maximum absolute atomic E-state index is 12.8. The van der Waals surface area contributed by atoms with E-state index < -0.39 is 11.7 Å². The van der Waals surface area contributed by atoms with Crippen molar-refractivity contribution in [3.8, 4) is 22.3 Å². The van der Waals surface area contributed by atoms with E-state index in [-0.39, 0.29) is 5.02 Å². The van der Waals surface area contributed by atoms with E-state index >= 15 is 0 Å². The van der Waals surface area contributed by atoms with Gasteiger partial charge in [0.15, 0.2) is 0 Å². The second-order valence-electron chi connectivity index (χ2n) is 5.31.